The van der Waals surface area contributed by atoms with E-state index in [1.54, 1.807) is 0 Å². The molecule has 1 aliphatic carbocycles. The van der Waals surface area contributed by atoms with Crippen LogP contribution in [-0.2, 0) is 17.8 Å². The monoisotopic (exact) mass is 405 g/mol. The van der Waals surface area contributed by atoms with Gasteiger partial charge in [0, 0.05) is 36.4 Å². The maximum atomic E-state index is 13.2. The largest absolute Gasteiger partial charge is 0.361 e. The van der Waals surface area contributed by atoms with Crippen molar-refractivity contribution in [2.75, 3.05) is 26.2 Å². The summed E-state index contributed by atoms with van der Waals surface area (Å²) < 4.78 is 0. The lowest BCUT2D eigenvalue weighted by molar-refractivity contribution is -0.134. The fourth-order valence-electron chi connectivity index (χ4n) is 4.90. The number of hydrogen-bond donors (Lipinski definition) is 1. The van der Waals surface area contributed by atoms with Gasteiger partial charge in [0.15, 0.2) is 0 Å². The average Bonchev–Trinajstić information content (AvgIpc) is 3.20. The van der Waals surface area contributed by atoms with E-state index in [1.807, 2.05) is 0 Å². The molecule has 1 aliphatic heterocycles. The standard InChI is InChI=1S/C26H35N3O/c1-3-28(4-2)19-23-18-27-25-11-10-22(17-24(23)25)26(30)29-14-12-21(13-15-29)16-20-8-6-5-7-9-20/h5-9,11,17-18,21-22,27H,3-4,10,12-16,19H2,1-2H3. The summed E-state index contributed by atoms with van der Waals surface area (Å²) in [5.74, 6) is 0.981. The summed E-state index contributed by atoms with van der Waals surface area (Å²) in [6.07, 6.45) is 10.7. The molecule has 4 nitrogen and oxygen atoms in total. The molecule has 160 valence electrons. The first-order valence-corrected chi connectivity index (χ1v) is 11.6. The SMILES string of the molecule is CCN(CC)Cc1c[nH]c2c1=CC(C(=O)N1CCC(Cc3ccccc3)CC1)CC=2. The Morgan fingerprint density at radius 1 is 1.13 bits per heavy atom. The fraction of sp³-hybridized carbons (Fsp3) is 0.500. The van der Waals surface area contributed by atoms with Crippen LogP contribution in [0.1, 0.15) is 44.2 Å². The second-order valence-electron chi connectivity index (χ2n) is 8.77. The highest BCUT2D eigenvalue weighted by Gasteiger charge is 2.28. The number of aromatic nitrogens is 1. The van der Waals surface area contributed by atoms with Gasteiger partial charge < -0.3 is 9.88 Å². The normalized spacial score (nSPS) is 19.3. The summed E-state index contributed by atoms with van der Waals surface area (Å²) >= 11 is 0. The molecule has 4 heteroatoms. The molecule has 1 amide bonds. The average molecular weight is 406 g/mol. The first-order chi connectivity index (χ1) is 14.7. The number of amides is 1. The van der Waals surface area contributed by atoms with E-state index < -0.39 is 0 Å². The van der Waals surface area contributed by atoms with Crippen molar-refractivity contribution in [3.8, 4) is 0 Å². The van der Waals surface area contributed by atoms with Crippen molar-refractivity contribution >= 4 is 18.1 Å². The number of piperidine rings is 1. The van der Waals surface area contributed by atoms with E-state index in [4.69, 9.17) is 0 Å². The summed E-state index contributed by atoms with van der Waals surface area (Å²) in [5, 5.41) is 2.42. The lowest BCUT2D eigenvalue weighted by Crippen LogP contribution is -2.43. The number of carbonyl (C=O) groups is 1. The van der Waals surface area contributed by atoms with Gasteiger partial charge in [0.25, 0.3) is 0 Å². The Kier molecular flexibility index (Phi) is 6.73. The lowest BCUT2D eigenvalue weighted by atomic mass is 9.89. The Morgan fingerprint density at radius 2 is 1.87 bits per heavy atom. The van der Waals surface area contributed by atoms with Crippen LogP contribution in [0.15, 0.2) is 36.5 Å². The van der Waals surface area contributed by atoms with Crippen molar-refractivity contribution in [2.45, 2.75) is 46.1 Å². The van der Waals surface area contributed by atoms with E-state index in [9.17, 15) is 4.79 Å². The first-order valence-electron chi connectivity index (χ1n) is 11.6. The van der Waals surface area contributed by atoms with E-state index in [1.165, 1.54) is 21.7 Å². The Bertz CT molecular complexity index is 950. The number of rotatable bonds is 7. The van der Waals surface area contributed by atoms with Crippen molar-refractivity contribution in [3.63, 3.8) is 0 Å². The molecular weight excluding hydrogens is 370 g/mol. The van der Waals surface area contributed by atoms with Crippen LogP contribution < -0.4 is 10.6 Å². The molecule has 1 saturated heterocycles. The van der Waals surface area contributed by atoms with Gasteiger partial charge in [-0.25, -0.2) is 0 Å². The molecule has 1 unspecified atom stereocenters. The molecule has 4 rings (SSSR count). The first kappa shape index (κ1) is 20.9. The van der Waals surface area contributed by atoms with Crippen LogP contribution in [-0.4, -0.2) is 46.9 Å². The highest BCUT2D eigenvalue weighted by atomic mass is 16.2. The summed E-state index contributed by atoms with van der Waals surface area (Å²) in [7, 11) is 0. The molecule has 0 spiro atoms. The van der Waals surface area contributed by atoms with Crippen LogP contribution in [0, 0.1) is 11.8 Å². The van der Waals surface area contributed by atoms with Crippen molar-refractivity contribution in [1.29, 1.82) is 0 Å². The number of nitrogens with one attached hydrogen (secondary N) is 1. The van der Waals surface area contributed by atoms with Crippen LogP contribution >= 0.6 is 0 Å². The van der Waals surface area contributed by atoms with Gasteiger partial charge in [0.1, 0.15) is 0 Å². The van der Waals surface area contributed by atoms with E-state index in [0.29, 0.717) is 11.8 Å². The number of nitrogens with zero attached hydrogens (tertiary/aromatic N) is 2. The molecule has 1 atom stereocenters. The summed E-state index contributed by atoms with van der Waals surface area (Å²) in [6, 6.07) is 10.7. The molecule has 0 bridgehead atoms. The fourth-order valence-corrected chi connectivity index (χ4v) is 4.90. The van der Waals surface area contributed by atoms with Gasteiger partial charge in [-0.2, -0.15) is 0 Å². The number of likely N-dealkylation sites (tertiary alicyclic amines) is 1. The molecule has 1 N–H and O–H groups in total. The maximum Gasteiger partial charge on any atom is 0.229 e. The van der Waals surface area contributed by atoms with Crippen molar-refractivity contribution in [3.05, 3.63) is 58.2 Å². The Balaban J connectivity index is 1.39. The molecule has 30 heavy (non-hydrogen) atoms. The minimum Gasteiger partial charge on any atom is -0.361 e. The van der Waals surface area contributed by atoms with E-state index in [2.05, 4.69) is 77.3 Å². The topological polar surface area (TPSA) is 39.3 Å². The quantitative estimate of drug-likeness (QED) is 0.769. The van der Waals surface area contributed by atoms with E-state index >= 15 is 0 Å². The number of hydrogen-bond acceptors (Lipinski definition) is 2. The van der Waals surface area contributed by atoms with Crippen molar-refractivity contribution in [1.82, 2.24) is 14.8 Å². The molecule has 2 heterocycles. The van der Waals surface area contributed by atoms with Gasteiger partial charge in [-0.1, -0.05) is 56.3 Å². The van der Waals surface area contributed by atoms with Crippen LogP contribution in [0.4, 0.5) is 0 Å². The van der Waals surface area contributed by atoms with Crippen molar-refractivity contribution in [2.24, 2.45) is 11.8 Å². The van der Waals surface area contributed by atoms with Gasteiger partial charge >= 0.3 is 0 Å². The molecule has 2 aromatic rings. The molecule has 2 aliphatic rings. The third kappa shape index (κ3) is 4.70. The van der Waals surface area contributed by atoms with Crippen LogP contribution in [0.5, 0.6) is 0 Å². The highest BCUT2D eigenvalue weighted by Crippen LogP contribution is 2.24. The van der Waals surface area contributed by atoms with Gasteiger partial charge in [-0.3, -0.25) is 9.69 Å². The Morgan fingerprint density at radius 3 is 2.57 bits per heavy atom. The molecule has 0 saturated carbocycles. The minimum absolute atomic E-state index is 0.0190. The summed E-state index contributed by atoms with van der Waals surface area (Å²) in [4.78, 5) is 21.2. The third-order valence-electron chi connectivity index (χ3n) is 6.88. The second kappa shape index (κ2) is 9.65. The van der Waals surface area contributed by atoms with Crippen molar-refractivity contribution < 1.29 is 4.79 Å². The maximum absolute atomic E-state index is 13.2. The third-order valence-corrected chi connectivity index (χ3v) is 6.88. The Hall–Kier alpha value is -2.33. The predicted octanol–water partition coefficient (Wildman–Crippen LogP) is 2.92. The van der Waals surface area contributed by atoms with E-state index in [-0.39, 0.29) is 5.92 Å². The zero-order valence-corrected chi connectivity index (χ0v) is 18.4. The molecule has 1 aromatic carbocycles. The molecule has 0 radical (unpaired) electrons. The summed E-state index contributed by atoms with van der Waals surface area (Å²) in [5.41, 5.74) is 2.72. The van der Waals surface area contributed by atoms with Crippen LogP contribution in [0.25, 0.3) is 12.2 Å². The zero-order valence-electron chi connectivity index (χ0n) is 18.4. The Labute approximate surface area is 180 Å². The summed E-state index contributed by atoms with van der Waals surface area (Å²) in [6.45, 7) is 9.22. The smallest absolute Gasteiger partial charge is 0.229 e. The number of aromatic amines is 1. The van der Waals surface area contributed by atoms with Gasteiger partial charge in [0.2, 0.25) is 5.91 Å². The number of carbonyl (C=O) groups excluding carboxylic acids is 1. The molecule has 1 fully saturated rings. The zero-order chi connectivity index (χ0) is 20.9. The van der Waals surface area contributed by atoms with Gasteiger partial charge in [-0.15, -0.1) is 0 Å². The second-order valence-corrected chi connectivity index (χ2v) is 8.77. The minimum atomic E-state index is -0.0190. The predicted molar refractivity (Wildman–Crippen MR) is 123 cm³/mol. The highest BCUT2D eigenvalue weighted by molar-refractivity contribution is 5.85. The van der Waals surface area contributed by atoms with Crippen LogP contribution in [0.2, 0.25) is 0 Å². The number of benzene rings is 1. The number of fused-ring (bicyclic) bond motifs is 1. The number of H-pyrrole nitrogens is 1. The van der Waals surface area contributed by atoms with E-state index in [0.717, 1.165) is 58.4 Å². The molecule has 1 aromatic heterocycles. The lowest BCUT2D eigenvalue weighted by Gasteiger charge is -2.34. The van der Waals surface area contributed by atoms with Gasteiger partial charge in [-0.05, 0) is 55.8 Å². The molecular formula is C26H35N3O. The van der Waals surface area contributed by atoms with Crippen LogP contribution in [0.3, 0.4) is 0 Å². The van der Waals surface area contributed by atoms with Gasteiger partial charge in [0.05, 0.1) is 5.92 Å².